The van der Waals surface area contributed by atoms with Crippen LogP contribution in [0.25, 0.3) is 22.6 Å². The molecule has 4 heterocycles. The molecule has 1 aromatic carbocycles. The van der Waals surface area contributed by atoms with Crippen molar-refractivity contribution < 1.29 is 5.11 Å². The Morgan fingerprint density at radius 2 is 2.00 bits per heavy atom. The molecule has 0 spiro atoms. The summed E-state index contributed by atoms with van der Waals surface area (Å²) in [5.74, 6) is 0.940. The largest absolute Gasteiger partial charge is 0.507 e. The molecule has 5 rings (SSSR count). The minimum Gasteiger partial charge on any atom is -0.507 e. The summed E-state index contributed by atoms with van der Waals surface area (Å²) in [6, 6.07) is 6.55. The fourth-order valence-electron chi connectivity index (χ4n) is 4.38. The van der Waals surface area contributed by atoms with Gasteiger partial charge in [-0.2, -0.15) is 0 Å². The van der Waals surface area contributed by atoms with Crippen LogP contribution in [-0.4, -0.2) is 41.9 Å². The second-order valence-electron chi connectivity index (χ2n) is 7.67. The SMILES string of the molecule is C=C(c1cnc(-c2ccc(-n3ccnc3)cc2O)nn1)C1CC2CCC(C1)N2. The number of rotatable bonds is 4. The van der Waals surface area contributed by atoms with Crippen LogP contribution < -0.4 is 5.32 Å². The lowest BCUT2D eigenvalue weighted by Gasteiger charge is -2.30. The van der Waals surface area contributed by atoms with Gasteiger partial charge in [0.05, 0.1) is 23.8 Å². The highest BCUT2D eigenvalue weighted by Crippen LogP contribution is 2.37. The molecule has 0 aliphatic carbocycles. The van der Waals surface area contributed by atoms with Crippen LogP contribution in [0.5, 0.6) is 5.75 Å². The number of hydrogen-bond acceptors (Lipinski definition) is 6. The zero-order chi connectivity index (χ0) is 19.1. The molecule has 2 aliphatic rings. The third kappa shape index (κ3) is 3.07. The lowest BCUT2D eigenvalue weighted by atomic mass is 9.85. The average Bonchev–Trinajstić information content (AvgIpc) is 3.37. The molecule has 0 saturated carbocycles. The normalized spacial score (nSPS) is 23.6. The highest BCUT2D eigenvalue weighted by molar-refractivity contribution is 5.67. The van der Waals surface area contributed by atoms with Crippen LogP contribution in [0.1, 0.15) is 31.4 Å². The zero-order valence-corrected chi connectivity index (χ0v) is 15.5. The molecule has 3 aromatic rings. The van der Waals surface area contributed by atoms with E-state index in [1.165, 1.54) is 12.8 Å². The Bertz CT molecular complexity index is 986. The Balaban J connectivity index is 1.36. The van der Waals surface area contributed by atoms with Gasteiger partial charge in [0.25, 0.3) is 0 Å². The molecule has 28 heavy (non-hydrogen) atoms. The van der Waals surface area contributed by atoms with Crippen molar-refractivity contribution in [1.29, 1.82) is 0 Å². The molecule has 0 amide bonds. The third-order valence-electron chi connectivity index (χ3n) is 5.88. The van der Waals surface area contributed by atoms with Gasteiger partial charge in [-0.1, -0.05) is 6.58 Å². The number of nitrogens with zero attached hydrogens (tertiary/aromatic N) is 5. The number of phenolic OH excluding ortho intramolecular Hbond substituents is 1. The summed E-state index contributed by atoms with van der Waals surface area (Å²) in [6.07, 6.45) is 11.6. The number of aromatic hydroxyl groups is 1. The molecule has 2 fully saturated rings. The Morgan fingerprint density at radius 1 is 1.18 bits per heavy atom. The van der Waals surface area contributed by atoms with Crippen LogP contribution >= 0.6 is 0 Å². The predicted molar refractivity (Wildman–Crippen MR) is 106 cm³/mol. The standard InChI is InChI=1S/C21H22N6O/c1-13(14-8-15-2-3-16(9-14)24-15)19-11-23-21(26-25-19)18-5-4-17(10-20(18)28)27-7-6-22-12-27/h4-7,10-12,14-16,24,28H,1-3,8-9H2. The number of benzene rings is 1. The highest BCUT2D eigenvalue weighted by atomic mass is 16.3. The summed E-state index contributed by atoms with van der Waals surface area (Å²) in [4.78, 5) is 8.46. The monoisotopic (exact) mass is 374 g/mol. The highest BCUT2D eigenvalue weighted by Gasteiger charge is 2.35. The van der Waals surface area contributed by atoms with Crippen LogP contribution in [0.4, 0.5) is 0 Å². The molecule has 142 valence electrons. The first-order chi connectivity index (χ1) is 13.7. The first-order valence-corrected chi connectivity index (χ1v) is 9.64. The lowest BCUT2D eigenvalue weighted by Crippen LogP contribution is -2.38. The van der Waals surface area contributed by atoms with Gasteiger partial charge in [-0.25, -0.2) is 9.97 Å². The quantitative estimate of drug-likeness (QED) is 0.730. The topological polar surface area (TPSA) is 88.8 Å². The maximum absolute atomic E-state index is 10.4. The number of phenols is 1. The van der Waals surface area contributed by atoms with Crippen molar-refractivity contribution >= 4 is 5.57 Å². The molecule has 2 unspecified atom stereocenters. The van der Waals surface area contributed by atoms with Gasteiger partial charge in [0, 0.05) is 30.5 Å². The van der Waals surface area contributed by atoms with Crippen molar-refractivity contribution in [2.75, 3.05) is 0 Å². The summed E-state index contributed by atoms with van der Waals surface area (Å²) >= 11 is 0. The Kier molecular flexibility index (Phi) is 4.16. The van der Waals surface area contributed by atoms with E-state index in [2.05, 4.69) is 32.1 Å². The number of aromatic nitrogens is 5. The average molecular weight is 374 g/mol. The minimum absolute atomic E-state index is 0.106. The number of fused-ring (bicyclic) bond motifs is 2. The molecular formula is C21H22N6O. The van der Waals surface area contributed by atoms with Gasteiger partial charge in [0.2, 0.25) is 0 Å². The summed E-state index contributed by atoms with van der Waals surface area (Å²) in [5.41, 5.74) is 3.12. The van der Waals surface area contributed by atoms with E-state index in [-0.39, 0.29) is 5.75 Å². The summed E-state index contributed by atoms with van der Waals surface area (Å²) in [7, 11) is 0. The van der Waals surface area contributed by atoms with E-state index in [9.17, 15) is 5.11 Å². The third-order valence-corrected chi connectivity index (χ3v) is 5.88. The summed E-state index contributed by atoms with van der Waals surface area (Å²) < 4.78 is 1.82. The first kappa shape index (κ1) is 17.1. The van der Waals surface area contributed by atoms with Gasteiger partial charge in [-0.05, 0) is 49.3 Å². The number of hydrogen-bond donors (Lipinski definition) is 2. The number of allylic oxidation sites excluding steroid dienone is 1. The van der Waals surface area contributed by atoms with Gasteiger partial charge in [-0.3, -0.25) is 0 Å². The lowest BCUT2D eigenvalue weighted by molar-refractivity contribution is 0.351. The maximum Gasteiger partial charge on any atom is 0.185 e. The van der Waals surface area contributed by atoms with Crippen LogP contribution in [-0.2, 0) is 0 Å². The van der Waals surface area contributed by atoms with Crippen molar-refractivity contribution in [1.82, 2.24) is 30.0 Å². The Labute approximate surface area is 163 Å². The molecule has 0 radical (unpaired) electrons. The smallest absolute Gasteiger partial charge is 0.185 e. The Hall–Kier alpha value is -3.06. The van der Waals surface area contributed by atoms with Crippen molar-refractivity contribution in [3.05, 3.63) is 55.4 Å². The fourth-order valence-corrected chi connectivity index (χ4v) is 4.38. The predicted octanol–water partition coefficient (Wildman–Crippen LogP) is 2.97. The molecule has 7 nitrogen and oxygen atoms in total. The molecule has 2 N–H and O–H groups in total. The van der Waals surface area contributed by atoms with Crippen LogP contribution in [0.3, 0.4) is 0 Å². The van der Waals surface area contributed by atoms with E-state index in [0.717, 1.165) is 29.8 Å². The molecule has 7 heteroatoms. The van der Waals surface area contributed by atoms with E-state index < -0.39 is 0 Å². The van der Waals surface area contributed by atoms with Crippen molar-refractivity contribution in [2.24, 2.45) is 5.92 Å². The van der Waals surface area contributed by atoms with E-state index in [1.54, 1.807) is 30.9 Å². The van der Waals surface area contributed by atoms with Crippen molar-refractivity contribution in [3.63, 3.8) is 0 Å². The van der Waals surface area contributed by atoms with Gasteiger partial charge in [-0.15, -0.1) is 10.2 Å². The van der Waals surface area contributed by atoms with Crippen LogP contribution in [0.2, 0.25) is 0 Å². The van der Waals surface area contributed by atoms with E-state index >= 15 is 0 Å². The van der Waals surface area contributed by atoms with E-state index in [1.807, 2.05) is 16.8 Å². The van der Waals surface area contributed by atoms with Crippen molar-refractivity contribution in [2.45, 2.75) is 37.8 Å². The second-order valence-corrected chi connectivity index (χ2v) is 7.67. The van der Waals surface area contributed by atoms with Crippen LogP contribution in [0.15, 0.2) is 49.7 Å². The maximum atomic E-state index is 10.4. The van der Waals surface area contributed by atoms with Gasteiger partial charge in [0.15, 0.2) is 5.82 Å². The molecule has 2 atom stereocenters. The molecule has 2 aromatic heterocycles. The van der Waals surface area contributed by atoms with Crippen molar-refractivity contribution in [3.8, 4) is 22.8 Å². The van der Waals surface area contributed by atoms with E-state index in [0.29, 0.717) is 29.4 Å². The molecular weight excluding hydrogens is 352 g/mol. The number of piperidine rings is 1. The fraction of sp³-hybridized carbons (Fsp3) is 0.333. The van der Waals surface area contributed by atoms with Gasteiger partial charge >= 0.3 is 0 Å². The van der Waals surface area contributed by atoms with Gasteiger partial charge in [0.1, 0.15) is 11.4 Å². The summed E-state index contributed by atoms with van der Waals surface area (Å²) in [5, 5.41) is 22.7. The summed E-state index contributed by atoms with van der Waals surface area (Å²) in [6.45, 7) is 4.28. The number of nitrogens with one attached hydrogen (secondary N) is 1. The van der Waals surface area contributed by atoms with Crippen LogP contribution in [0, 0.1) is 5.92 Å². The first-order valence-electron chi connectivity index (χ1n) is 9.64. The van der Waals surface area contributed by atoms with Gasteiger partial charge < -0.3 is 15.0 Å². The second kappa shape index (κ2) is 6.83. The molecule has 2 bridgehead atoms. The minimum atomic E-state index is 0.106. The van der Waals surface area contributed by atoms with E-state index in [4.69, 9.17) is 0 Å². The number of imidazole rings is 1. The molecule has 2 aliphatic heterocycles. The molecule has 2 saturated heterocycles. The Morgan fingerprint density at radius 3 is 2.64 bits per heavy atom. The zero-order valence-electron chi connectivity index (χ0n) is 15.5.